The molecule has 0 amide bonds. The number of rotatable bonds is 3. The first-order valence-electron chi connectivity index (χ1n) is 3.68. The predicted octanol–water partition coefficient (Wildman–Crippen LogP) is 0.855. The van der Waals surface area contributed by atoms with Gasteiger partial charge < -0.3 is 10.5 Å². The van der Waals surface area contributed by atoms with Crippen LogP contribution in [0.5, 0.6) is 5.75 Å². The lowest BCUT2D eigenvalue weighted by Gasteiger charge is -2.07. The van der Waals surface area contributed by atoms with Crippen molar-refractivity contribution < 1.29 is 4.74 Å². The normalized spacial score (nSPS) is 9.00. The van der Waals surface area contributed by atoms with Gasteiger partial charge in [-0.05, 0) is 36.5 Å². The van der Waals surface area contributed by atoms with Crippen molar-refractivity contribution in [2.75, 3.05) is 12.5 Å². The van der Waals surface area contributed by atoms with Gasteiger partial charge in [0.05, 0.1) is 12.8 Å². The van der Waals surface area contributed by atoms with Crippen LogP contribution in [0.2, 0.25) is 0 Å². The molecule has 0 bridgehead atoms. The molecule has 70 valence electrons. The van der Waals surface area contributed by atoms with Crippen LogP contribution in [0.25, 0.3) is 0 Å². The third-order valence-corrected chi connectivity index (χ3v) is 1.52. The summed E-state index contributed by atoms with van der Waals surface area (Å²) < 4.78 is 5.00. The molecule has 0 heterocycles. The Morgan fingerprint density at radius 3 is 2.46 bits per heavy atom. The smallest absolute Gasteiger partial charge is 0.182 e. The van der Waals surface area contributed by atoms with E-state index < -0.39 is 0 Å². The molecule has 4 nitrogen and oxygen atoms in total. The number of hydrogen-bond acceptors (Lipinski definition) is 3. The highest BCUT2D eigenvalue weighted by Gasteiger charge is 1.92. The van der Waals surface area contributed by atoms with Crippen LogP contribution in [0.15, 0.2) is 24.3 Å². The molecule has 0 unspecified atom stereocenters. The third kappa shape index (κ3) is 3.16. The third-order valence-electron chi connectivity index (χ3n) is 1.42. The van der Waals surface area contributed by atoms with E-state index >= 15 is 0 Å². The molecule has 0 aliphatic heterocycles. The van der Waals surface area contributed by atoms with Crippen molar-refractivity contribution in [1.29, 1.82) is 0 Å². The van der Waals surface area contributed by atoms with Crippen molar-refractivity contribution in [3.8, 4) is 5.75 Å². The number of hydrazine groups is 1. The van der Waals surface area contributed by atoms with Crippen molar-refractivity contribution in [1.82, 2.24) is 5.43 Å². The lowest BCUT2D eigenvalue weighted by atomic mass is 10.3. The quantitative estimate of drug-likeness (QED) is 0.495. The first-order valence-corrected chi connectivity index (χ1v) is 4.08. The number of hydrogen-bond donors (Lipinski definition) is 3. The average molecular weight is 197 g/mol. The lowest BCUT2D eigenvalue weighted by molar-refractivity contribution is 0.415. The summed E-state index contributed by atoms with van der Waals surface area (Å²) in [6.45, 7) is 0. The molecule has 1 aromatic rings. The van der Waals surface area contributed by atoms with Gasteiger partial charge in [0, 0.05) is 0 Å². The Labute approximate surface area is 82.0 Å². The van der Waals surface area contributed by atoms with Crippen LogP contribution in [0, 0.1) is 0 Å². The zero-order valence-electron chi connectivity index (χ0n) is 7.20. The zero-order chi connectivity index (χ0) is 9.68. The molecule has 0 spiro atoms. The SMILES string of the molecule is COc1ccc(NNC(N)=S)cc1. The molecule has 0 aliphatic carbocycles. The van der Waals surface area contributed by atoms with Gasteiger partial charge in [-0.25, -0.2) is 0 Å². The van der Waals surface area contributed by atoms with E-state index in [0.29, 0.717) is 0 Å². The van der Waals surface area contributed by atoms with Crippen LogP contribution in [0.4, 0.5) is 5.69 Å². The maximum absolute atomic E-state index is 5.23. The Bertz CT molecular complexity index is 286. The van der Waals surface area contributed by atoms with Crippen molar-refractivity contribution in [3.05, 3.63) is 24.3 Å². The number of ether oxygens (including phenoxy) is 1. The number of benzene rings is 1. The van der Waals surface area contributed by atoms with Gasteiger partial charge in [-0.15, -0.1) is 0 Å². The molecule has 0 fully saturated rings. The van der Waals surface area contributed by atoms with Gasteiger partial charge in [-0.3, -0.25) is 10.9 Å². The Kier molecular flexibility index (Phi) is 3.33. The maximum Gasteiger partial charge on any atom is 0.182 e. The minimum Gasteiger partial charge on any atom is -0.497 e. The van der Waals surface area contributed by atoms with E-state index in [1.165, 1.54) is 0 Å². The largest absolute Gasteiger partial charge is 0.497 e. The van der Waals surface area contributed by atoms with E-state index in [0.717, 1.165) is 11.4 Å². The Balaban J connectivity index is 2.54. The van der Waals surface area contributed by atoms with Crippen molar-refractivity contribution >= 4 is 23.0 Å². The van der Waals surface area contributed by atoms with Gasteiger partial charge in [0.25, 0.3) is 0 Å². The highest BCUT2D eigenvalue weighted by atomic mass is 32.1. The van der Waals surface area contributed by atoms with Crippen LogP contribution in [-0.4, -0.2) is 12.2 Å². The maximum atomic E-state index is 5.23. The highest BCUT2D eigenvalue weighted by molar-refractivity contribution is 7.80. The summed E-state index contributed by atoms with van der Waals surface area (Å²) in [7, 11) is 1.62. The minimum atomic E-state index is 0.204. The van der Waals surface area contributed by atoms with E-state index in [4.69, 9.17) is 10.5 Å². The second-order valence-electron chi connectivity index (χ2n) is 2.34. The summed E-state index contributed by atoms with van der Waals surface area (Å²) >= 11 is 4.62. The van der Waals surface area contributed by atoms with Crippen LogP contribution in [0.1, 0.15) is 0 Å². The number of thiocarbonyl (C=S) groups is 1. The monoisotopic (exact) mass is 197 g/mol. The standard InChI is InChI=1S/C8H11N3OS/c1-12-7-4-2-6(3-5-7)10-11-8(9)13/h2-5,10H,1H3,(H3,9,11,13). The average Bonchev–Trinajstić information content (AvgIpc) is 2.15. The van der Waals surface area contributed by atoms with E-state index in [-0.39, 0.29) is 5.11 Å². The molecule has 0 aromatic heterocycles. The van der Waals surface area contributed by atoms with Gasteiger partial charge in [-0.2, -0.15) is 0 Å². The summed E-state index contributed by atoms with van der Waals surface area (Å²) in [5.74, 6) is 0.806. The minimum absolute atomic E-state index is 0.204. The summed E-state index contributed by atoms with van der Waals surface area (Å²) in [5, 5.41) is 0.204. The molecule has 0 aliphatic rings. The zero-order valence-corrected chi connectivity index (χ0v) is 8.02. The van der Waals surface area contributed by atoms with Gasteiger partial charge in [0.1, 0.15) is 5.75 Å². The fraction of sp³-hybridized carbons (Fsp3) is 0.125. The summed E-state index contributed by atoms with van der Waals surface area (Å²) in [6.07, 6.45) is 0. The fourth-order valence-electron chi connectivity index (χ4n) is 0.808. The Hall–Kier alpha value is -1.49. The molecule has 1 aromatic carbocycles. The van der Waals surface area contributed by atoms with Crippen LogP contribution in [-0.2, 0) is 0 Å². The fourth-order valence-corrected chi connectivity index (χ4v) is 0.859. The molecule has 4 N–H and O–H groups in total. The number of nitrogens with one attached hydrogen (secondary N) is 2. The predicted molar refractivity (Wildman–Crippen MR) is 56.5 cm³/mol. The summed E-state index contributed by atoms with van der Waals surface area (Å²) in [5.41, 5.74) is 11.5. The molecular weight excluding hydrogens is 186 g/mol. The summed E-state index contributed by atoms with van der Waals surface area (Å²) in [6, 6.07) is 7.38. The van der Waals surface area contributed by atoms with E-state index in [1.807, 2.05) is 24.3 Å². The Morgan fingerprint density at radius 1 is 1.38 bits per heavy atom. The van der Waals surface area contributed by atoms with Crippen molar-refractivity contribution in [2.24, 2.45) is 5.73 Å². The molecule has 0 atom stereocenters. The van der Waals surface area contributed by atoms with Crippen LogP contribution >= 0.6 is 12.2 Å². The van der Waals surface area contributed by atoms with Crippen molar-refractivity contribution in [3.63, 3.8) is 0 Å². The molecular formula is C8H11N3OS. The van der Waals surface area contributed by atoms with Gasteiger partial charge >= 0.3 is 0 Å². The van der Waals surface area contributed by atoms with E-state index in [9.17, 15) is 0 Å². The molecule has 0 saturated heterocycles. The molecule has 1 rings (SSSR count). The second kappa shape index (κ2) is 4.51. The van der Waals surface area contributed by atoms with E-state index in [1.54, 1.807) is 7.11 Å². The van der Waals surface area contributed by atoms with Crippen molar-refractivity contribution in [2.45, 2.75) is 0 Å². The topological polar surface area (TPSA) is 59.3 Å². The summed E-state index contributed by atoms with van der Waals surface area (Å²) in [4.78, 5) is 0. The van der Waals surface area contributed by atoms with Gasteiger partial charge in [0.15, 0.2) is 5.11 Å². The first-order chi connectivity index (χ1) is 6.22. The number of anilines is 1. The number of nitrogens with two attached hydrogens (primary N) is 1. The highest BCUT2D eigenvalue weighted by Crippen LogP contribution is 2.13. The Morgan fingerprint density at radius 2 is 2.00 bits per heavy atom. The van der Waals surface area contributed by atoms with Crippen LogP contribution < -0.4 is 21.3 Å². The van der Waals surface area contributed by atoms with Gasteiger partial charge in [-0.1, -0.05) is 0 Å². The molecule has 5 heteroatoms. The van der Waals surface area contributed by atoms with E-state index in [2.05, 4.69) is 23.1 Å². The molecule has 0 saturated carbocycles. The number of methoxy groups -OCH3 is 1. The van der Waals surface area contributed by atoms with Gasteiger partial charge in [0.2, 0.25) is 0 Å². The lowest BCUT2D eigenvalue weighted by Crippen LogP contribution is -2.33. The molecule has 0 radical (unpaired) electrons. The molecule has 13 heavy (non-hydrogen) atoms. The first kappa shape index (κ1) is 9.60. The second-order valence-corrected chi connectivity index (χ2v) is 2.78. The van der Waals surface area contributed by atoms with Crippen LogP contribution in [0.3, 0.4) is 0 Å².